The van der Waals surface area contributed by atoms with Crippen LogP contribution in [0.2, 0.25) is 0 Å². The fourth-order valence-electron chi connectivity index (χ4n) is 3.84. The van der Waals surface area contributed by atoms with Gasteiger partial charge in [-0.1, -0.05) is 30.4 Å². The number of hydrogen-bond acceptors (Lipinski definition) is 5. The molecule has 0 radical (unpaired) electrons. The fourth-order valence-corrected chi connectivity index (χ4v) is 3.84. The summed E-state index contributed by atoms with van der Waals surface area (Å²) in [7, 11) is 3.26. The van der Waals surface area contributed by atoms with E-state index in [1.165, 1.54) is 0 Å². The lowest BCUT2D eigenvalue weighted by Crippen LogP contribution is -2.24. The van der Waals surface area contributed by atoms with Crippen molar-refractivity contribution in [1.82, 2.24) is 9.55 Å². The molecule has 0 fully saturated rings. The first-order chi connectivity index (χ1) is 16.6. The summed E-state index contributed by atoms with van der Waals surface area (Å²) >= 11 is 0. The molecule has 1 aromatic heterocycles. The van der Waals surface area contributed by atoms with Crippen LogP contribution in [0.25, 0.3) is 28.4 Å². The van der Waals surface area contributed by atoms with Crippen molar-refractivity contribution in [2.75, 3.05) is 20.8 Å². The van der Waals surface area contributed by atoms with E-state index in [9.17, 15) is 4.79 Å². The maximum atomic E-state index is 13.3. The first-order valence-corrected chi connectivity index (χ1v) is 11.2. The Kier molecular flexibility index (Phi) is 7.28. The van der Waals surface area contributed by atoms with E-state index in [1.54, 1.807) is 18.8 Å². The van der Waals surface area contributed by atoms with E-state index in [2.05, 4.69) is 0 Å². The van der Waals surface area contributed by atoms with E-state index >= 15 is 0 Å². The summed E-state index contributed by atoms with van der Waals surface area (Å²) in [6.45, 7) is 2.87. The number of hydrogen-bond donors (Lipinski definition) is 0. The van der Waals surface area contributed by atoms with Gasteiger partial charge >= 0.3 is 0 Å². The number of ether oxygens (including phenoxy) is 3. The second kappa shape index (κ2) is 10.7. The van der Waals surface area contributed by atoms with Gasteiger partial charge in [-0.25, -0.2) is 4.98 Å². The van der Waals surface area contributed by atoms with Gasteiger partial charge in [0.1, 0.15) is 11.6 Å². The molecule has 6 nitrogen and oxygen atoms in total. The Labute approximate surface area is 199 Å². The molecule has 4 rings (SSSR count). The number of para-hydroxylation sites is 1. The zero-order valence-electron chi connectivity index (χ0n) is 19.7. The number of nitrogens with zero attached hydrogens (tertiary/aromatic N) is 2. The van der Waals surface area contributed by atoms with Gasteiger partial charge in [0.15, 0.2) is 11.5 Å². The maximum absolute atomic E-state index is 13.3. The second-order valence-corrected chi connectivity index (χ2v) is 7.75. The number of methoxy groups -OCH3 is 2. The van der Waals surface area contributed by atoms with Crippen molar-refractivity contribution >= 4 is 17.0 Å². The van der Waals surface area contributed by atoms with Crippen LogP contribution in [0.4, 0.5) is 0 Å². The zero-order chi connectivity index (χ0) is 23.9. The molecule has 0 unspecified atom stereocenters. The van der Waals surface area contributed by atoms with E-state index in [4.69, 9.17) is 19.2 Å². The zero-order valence-corrected chi connectivity index (χ0v) is 19.7. The minimum absolute atomic E-state index is 0.0651. The third-order valence-corrected chi connectivity index (χ3v) is 5.54. The third-order valence-electron chi connectivity index (χ3n) is 5.54. The highest BCUT2D eigenvalue weighted by Gasteiger charge is 2.13. The molecule has 0 saturated heterocycles. The van der Waals surface area contributed by atoms with Crippen LogP contribution in [-0.4, -0.2) is 30.4 Å². The van der Waals surface area contributed by atoms with Crippen molar-refractivity contribution in [3.63, 3.8) is 0 Å². The minimum atomic E-state index is -0.0651. The molecule has 0 bridgehead atoms. The topological polar surface area (TPSA) is 62.6 Å². The minimum Gasteiger partial charge on any atom is -0.497 e. The molecule has 0 N–H and O–H groups in total. The summed E-state index contributed by atoms with van der Waals surface area (Å²) in [6.07, 6.45) is 4.61. The van der Waals surface area contributed by atoms with Gasteiger partial charge in [-0.3, -0.25) is 9.36 Å². The Balaban J connectivity index is 1.57. The van der Waals surface area contributed by atoms with E-state index in [0.717, 1.165) is 16.9 Å². The molecule has 0 amide bonds. The molecule has 6 heteroatoms. The smallest absolute Gasteiger partial charge is 0.261 e. The largest absolute Gasteiger partial charge is 0.497 e. The molecular weight excluding hydrogens is 428 g/mol. The first-order valence-electron chi connectivity index (χ1n) is 11.2. The summed E-state index contributed by atoms with van der Waals surface area (Å²) in [4.78, 5) is 18.1. The number of rotatable bonds is 9. The van der Waals surface area contributed by atoms with Crippen LogP contribution in [0.1, 0.15) is 18.9 Å². The Hall–Kier alpha value is -4.06. The number of aromatic nitrogens is 2. The molecular formula is C28H28N2O4. The van der Waals surface area contributed by atoms with E-state index in [-0.39, 0.29) is 5.56 Å². The van der Waals surface area contributed by atoms with Crippen molar-refractivity contribution in [3.8, 4) is 28.6 Å². The van der Waals surface area contributed by atoms with E-state index < -0.39 is 0 Å². The summed E-state index contributed by atoms with van der Waals surface area (Å²) < 4.78 is 18.5. The fraction of sp³-hybridized carbons (Fsp3) is 0.214. The molecule has 0 aliphatic carbocycles. The van der Waals surface area contributed by atoms with Crippen molar-refractivity contribution in [3.05, 3.63) is 88.7 Å². The highest BCUT2D eigenvalue weighted by atomic mass is 16.5. The SMILES string of the molecule is C/C=C/c1ccc(OCCCn2c(-c3ccc(OC)cc3)nc3ccccc3c2=O)c(OC)c1. The van der Waals surface area contributed by atoms with Crippen molar-refractivity contribution in [1.29, 1.82) is 0 Å². The first kappa shape index (κ1) is 23.1. The number of fused-ring (bicyclic) bond motifs is 1. The molecule has 0 aliphatic heterocycles. The van der Waals surface area contributed by atoms with Gasteiger partial charge in [-0.2, -0.15) is 0 Å². The van der Waals surface area contributed by atoms with Gasteiger partial charge in [0.2, 0.25) is 0 Å². The molecule has 3 aromatic carbocycles. The molecule has 0 spiro atoms. The number of allylic oxidation sites excluding steroid dienone is 1. The van der Waals surface area contributed by atoms with E-state index in [1.807, 2.05) is 85.8 Å². The lowest BCUT2D eigenvalue weighted by molar-refractivity contribution is 0.282. The van der Waals surface area contributed by atoms with Crippen LogP contribution < -0.4 is 19.8 Å². The van der Waals surface area contributed by atoms with Crippen molar-refractivity contribution in [2.45, 2.75) is 19.9 Å². The van der Waals surface area contributed by atoms with Crippen LogP contribution in [0, 0.1) is 0 Å². The predicted octanol–water partition coefficient (Wildman–Crippen LogP) is 5.58. The van der Waals surface area contributed by atoms with Crippen molar-refractivity contribution < 1.29 is 14.2 Å². The van der Waals surface area contributed by atoms with E-state index in [0.29, 0.717) is 47.8 Å². The molecule has 0 atom stereocenters. The van der Waals surface area contributed by atoms with Crippen LogP contribution in [-0.2, 0) is 6.54 Å². The Bertz CT molecular complexity index is 1360. The van der Waals surface area contributed by atoms with Crippen molar-refractivity contribution in [2.24, 2.45) is 0 Å². The average molecular weight is 457 g/mol. The lowest BCUT2D eigenvalue weighted by atomic mass is 10.1. The Morgan fingerprint density at radius 3 is 2.47 bits per heavy atom. The normalized spacial score (nSPS) is 11.1. The van der Waals surface area contributed by atoms with Crippen LogP contribution in [0.3, 0.4) is 0 Å². The van der Waals surface area contributed by atoms with Gasteiger partial charge in [0, 0.05) is 12.1 Å². The summed E-state index contributed by atoms with van der Waals surface area (Å²) in [5, 5.41) is 0.599. The molecule has 1 heterocycles. The summed E-state index contributed by atoms with van der Waals surface area (Å²) in [6, 6.07) is 20.8. The molecule has 34 heavy (non-hydrogen) atoms. The number of benzene rings is 3. The third kappa shape index (κ3) is 4.96. The van der Waals surface area contributed by atoms with Gasteiger partial charge in [0.25, 0.3) is 5.56 Å². The summed E-state index contributed by atoms with van der Waals surface area (Å²) in [5.74, 6) is 2.73. The highest BCUT2D eigenvalue weighted by Crippen LogP contribution is 2.29. The Morgan fingerprint density at radius 2 is 1.74 bits per heavy atom. The lowest BCUT2D eigenvalue weighted by Gasteiger charge is -2.15. The molecule has 4 aromatic rings. The van der Waals surface area contributed by atoms with Gasteiger partial charge in [-0.05, 0) is 67.4 Å². The standard InChI is InChI=1S/C28H28N2O4/c1-4-8-20-11-16-25(26(19-20)33-3)34-18-7-17-30-27(21-12-14-22(32-2)15-13-21)29-24-10-6-5-9-23(24)28(30)31/h4-6,8-16,19H,7,17-18H2,1-3H3/b8-4+. The monoisotopic (exact) mass is 456 g/mol. The maximum Gasteiger partial charge on any atom is 0.261 e. The predicted molar refractivity (Wildman–Crippen MR) is 136 cm³/mol. The average Bonchev–Trinajstić information content (AvgIpc) is 2.88. The van der Waals surface area contributed by atoms with Gasteiger partial charge in [-0.15, -0.1) is 0 Å². The second-order valence-electron chi connectivity index (χ2n) is 7.75. The Morgan fingerprint density at radius 1 is 0.941 bits per heavy atom. The highest BCUT2D eigenvalue weighted by molar-refractivity contribution is 5.79. The van der Waals surface area contributed by atoms with Crippen LogP contribution >= 0.6 is 0 Å². The van der Waals surface area contributed by atoms with Gasteiger partial charge in [0.05, 0.1) is 31.7 Å². The molecule has 0 saturated carbocycles. The van der Waals surface area contributed by atoms with Crippen LogP contribution in [0.5, 0.6) is 17.2 Å². The van der Waals surface area contributed by atoms with Gasteiger partial charge < -0.3 is 14.2 Å². The molecule has 0 aliphatic rings. The van der Waals surface area contributed by atoms with Crippen LogP contribution in [0.15, 0.2) is 77.6 Å². The summed E-state index contributed by atoms with van der Waals surface area (Å²) in [5.41, 5.74) is 2.51. The molecule has 174 valence electrons. The quantitative estimate of drug-likeness (QED) is 0.308.